The summed E-state index contributed by atoms with van der Waals surface area (Å²) in [5.41, 5.74) is 0.108. The van der Waals surface area contributed by atoms with Crippen LogP contribution in [0, 0.1) is 16.0 Å². The van der Waals surface area contributed by atoms with Gasteiger partial charge in [-0.25, -0.2) is 0 Å². The molecule has 5 nitrogen and oxygen atoms in total. The molecule has 5 heteroatoms. The lowest BCUT2D eigenvalue weighted by molar-refractivity contribution is -0.384. The first kappa shape index (κ1) is 11.5. The van der Waals surface area contributed by atoms with Crippen LogP contribution < -0.4 is 4.74 Å². The molecule has 0 amide bonds. The van der Waals surface area contributed by atoms with Crippen LogP contribution in [0.25, 0.3) is 0 Å². The average molecular weight is 248 g/mol. The van der Waals surface area contributed by atoms with Gasteiger partial charge in [0.2, 0.25) is 0 Å². The third-order valence-corrected chi connectivity index (χ3v) is 3.93. The Bertz CT molecular complexity index is 438. The van der Waals surface area contributed by atoms with E-state index in [1.807, 2.05) is 0 Å². The Morgan fingerprint density at radius 3 is 2.39 bits per heavy atom. The van der Waals surface area contributed by atoms with Crippen molar-refractivity contribution in [3.63, 3.8) is 0 Å². The molecule has 0 N–H and O–H groups in total. The second kappa shape index (κ2) is 4.57. The normalized spacial score (nSPS) is 30.1. The summed E-state index contributed by atoms with van der Waals surface area (Å²) in [7, 11) is 0. The van der Waals surface area contributed by atoms with E-state index < -0.39 is 4.92 Å². The second-order valence-electron chi connectivity index (χ2n) is 5.05. The Morgan fingerprint density at radius 2 is 1.89 bits per heavy atom. The molecule has 4 rings (SSSR count). The van der Waals surface area contributed by atoms with Crippen LogP contribution in [0.15, 0.2) is 24.3 Å². The molecular weight excluding hydrogens is 232 g/mol. The fourth-order valence-electron chi connectivity index (χ4n) is 2.87. The van der Waals surface area contributed by atoms with Crippen molar-refractivity contribution in [2.75, 3.05) is 19.6 Å². The molecule has 0 spiro atoms. The van der Waals surface area contributed by atoms with Gasteiger partial charge in [-0.05, 0) is 44.0 Å². The fourth-order valence-corrected chi connectivity index (χ4v) is 2.87. The minimum Gasteiger partial charge on any atom is -0.489 e. The highest BCUT2D eigenvalue weighted by atomic mass is 16.6. The molecule has 1 aromatic rings. The van der Waals surface area contributed by atoms with Crippen LogP contribution in [-0.4, -0.2) is 35.6 Å². The Balaban J connectivity index is 1.67. The largest absolute Gasteiger partial charge is 0.489 e. The minimum absolute atomic E-state index is 0.108. The summed E-state index contributed by atoms with van der Waals surface area (Å²) in [5, 5.41) is 10.6. The molecule has 0 aromatic heterocycles. The summed E-state index contributed by atoms with van der Waals surface area (Å²) in [6.07, 6.45) is 2.66. The van der Waals surface area contributed by atoms with Crippen LogP contribution in [0.3, 0.4) is 0 Å². The van der Waals surface area contributed by atoms with Gasteiger partial charge in [0.1, 0.15) is 11.9 Å². The van der Waals surface area contributed by atoms with Gasteiger partial charge >= 0.3 is 0 Å². The van der Waals surface area contributed by atoms with E-state index in [0.717, 1.165) is 12.3 Å². The third kappa shape index (κ3) is 2.18. The predicted molar refractivity (Wildman–Crippen MR) is 66.7 cm³/mol. The number of nitro groups is 1. The highest BCUT2D eigenvalue weighted by molar-refractivity contribution is 5.36. The molecular formula is C13H16N2O3. The van der Waals surface area contributed by atoms with Gasteiger partial charge in [0.05, 0.1) is 4.92 Å². The van der Waals surface area contributed by atoms with Gasteiger partial charge in [0.15, 0.2) is 0 Å². The Hall–Kier alpha value is -1.62. The van der Waals surface area contributed by atoms with Crippen LogP contribution in [0.2, 0.25) is 0 Å². The van der Waals surface area contributed by atoms with Gasteiger partial charge in [-0.3, -0.25) is 15.0 Å². The lowest BCUT2D eigenvalue weighted by Gasteiger charge is -2.44. The highest BCUT2D eigenvalue weighted by Crippen LogP contribution is 2.31. The zero-order valence-electron chi connectivity index (χ0n) is 10.1. The molecule has 3 aliphatic heterocycles. The van der Waals surface area contributed by atoms with E-state index in [2.05, 4.69) is 4.90 Å². The maximum atomic E-state index is 10.6. The summed E-state index contributed by atoms with van der Waals surface area (Å²) in [6.45, 7) is 3.36. The first-order valence-electron chi connectivity index (χ1n) is 6.36. The maximum Gasteiger partial charge on any atom is 0.269 e. The van der Waals surface area contributed by atoms with Gasteiger partial charge in [0, 0.05) is 18.7 Å². The highest BCUT2D eigenvalue weighted by Gasteiger charge is 2.35. The van der Waals surface area contributed by atoms with E-state index in [1.54, 1.807) is 12.1 Å². The molecule has 96 valence electrons. The van der Waals surface area contributed by atoms with Crippen molar-refractivity contribution in [3.05, 3.63) is 34.4 Å². The monoisotopic (exact) mass is 248 g/mol. The topological polar surface area (TPSA) is 55.6 Å². The maximum absolute atomic E-state index is 10.6. The number of benzene rings is 1. The first-order chi connectivity index (χ1) is 8.72. The fraction of sp³-hybridized carbons (Fsp3) is 0.538. The molecule has 3 fully saturated rings. The van der Waals surface area contributed by atoms with Crippen molar-refractivity contribution in [2.45, 2.75) is 18.9 Å². The molecule has 2 bridgehead atoms. The van der Waals surface area contributed by atoms with E-state index >= 15 is 0 Å². The quantitative estimate of drug-likeness (QED) is 0.607. The SMILES string of the molecule is O=[N+]([O-])c1ccc(OC2CN3CCC2CC3)cc1. The standard InChI is InChI=1S/C13H16N2O3/c16-15(17)11-1-3-12(4-2-11)18-13-9-14-7-5-10(13)6-8-14/h1-4,10,13H,5-9H2. The summed E-state index contributed by atoms with van der Waals surface area (Å²) >= 11 is 0. The van der Waals surface area contributed by atoms with Crippen molar-refractivity contribution >= 4 is 5.69 Å². The van der Waals surface area contributed by atoms with E-state index in [0.29, 0.717) is 5.92 Å². The van der Waals surface area contributed by atoms with Crippen molar-refractivity contribution in [1.29, 1.82) is 0 Å². The smallest absolute Gasteiger partial charge is 0.269 e. The van der Waals surface area contributed by atoms with E-state index in [1.165, 1.54) is 38.1 Å². The van der Waals surface area contributed by atoms with Crippen LogP contribution in [0.1, 0.15) is 12.8 Å². The number of rotatable bonds is 3. The van der Waals surface area contributed by atoms with Crippen molar-refractivity contribution in [1.82, 2.24) is 4.90 Å². The van der Waals surface area contributed by atoms with Crippen LogP contribution >= 0.6 is 0 Å². The van der Waals surface area contributed by atoms with Gasteiger partial charge < -0.3 is 4.74 Å². The lowest BCUT2D eigenvalue weighted by Crippen LogP contribution is -2.52. The number of hydrogen-bond acceptors (Lipinski definition) is 4. The molecule has 0 aliphatic carbocycles. The first-order valence-corrected chi connectivity index (χ1v) is 6.36. The molecule has 0 radical (unpaired) electrons. The number of hydrogen-bond donors (Lipinski definition) is 0. The number of fused-ring (bicyclic) bond motifs is 3. The van der Waals surface area contributed by atoms with Gasteiger partial charge in [-0.15, -0.1) is 0 Å². The molecule has 3 aliphatic rings. The Labute approximate surface area is 106 Å². The number of ether oxygens (including phenoxy) is 1. The number of non-ortho nitro benzene ring substituents is 1. The Kier molecular flexibility index (Phi) is 2.91. The lowest BCUT2D eigenvalue weighted by atomic mass is 9.86. The summed E-state index contributed by atoms with van der Waals surface area (Å²) in [6, 6.07) is 6.37. The van der Waals surface area contributed by atoms with Gasteiger partial charge in [0.25, 0.3) is 5.69 Å². The van der Waals surface area contributed by atoms with Crippen molar-refractivity contribution < 1.29 is 9.66 Å². The zero-order chi connectivity index (χ0) is 12.5. The predicted octanol–water partition coefficient (Wildman–Crippen LogP) is 2.07. The van der Waals surface area contributed by atoms with E-state index in [4.69, 9.17) is 4.74 Å². The second-order valence-corrected chi connectivity index (χ2v) is 5.05. The number of nitro benzene ring substituents is 1. The molecule has 3 saturated heterocycles. The summed E-state index contributed by atoms with van der Waals surface area (Å²) < 4.78 is 5.96. The summed E-state index contributed by atoms with van der Waals surface area (Å²) in [4.78, 5) is 12.6. The van der Waals surface area contributed by atoms with Crippen molar-refractivity contribution in [3.8, 4) is 5.75 Å². The summed E-state index contributed by atoms with van der Waals surface area (Å²) in [5.74, 6) is 1.38. The third-order valence-electron chi connectivity index (χ3n) is 3.93. The van der Waals surface area contributed by atoms with Crippen LogP contribution in [-0.2, 0) is 0 Å². The number of nitrogens with zero attached hydrogens (tertiary/aromatic N) is 2. The van der Waals surface area contributed by atoms with Crippen LogP contribution in [0.5, 0.6) is 5.75 Å². The zero-order valence-corrected chi connectivity index (χ0v) is 10.1. The van der Waals surface area contributed by atoms with Gasteiger partial charge in [-0.2, -0.15) is 0 Å². The minimum atomic E-state index is -0.391. The average Bonchev–Trinajstić information content (AvgIpc) is 2.41. The van der Waals surface area contributed by atoms with E-state index in [9.17, 15) is 10.1 Å². The Morgan fingerprint density at radius 1 is 1.22 bits per heavy atom. The number of piperidine rings is 3. The van der Waals surface area contributed by atoms with Crippen LogP contribution in [0.4, 0.5) is 5.69 Å². The molecule has 0 saturated carbocycles. The molecule has 1 unspecified atom stereocenters. The van der Waals surface area contributed by atoms with Crippen molar-refractivity contribution in [2.24, 2.45) is 5.92 Å². The molecule has 18 heavy (non-hydrogen) atoms. The molecule has 1 aromatic carbocycles. The molecule has 1 atom stereocenters. The van der Waals surface area contributed by atoms with E-state index in [-0.39, 0.29) is 11.8 Å². The molecule has 3 heterocycles. The van der Waals surface area contributed by atoms with Gasteiger partial charge in [-0.1, -0.05) is 0 Å².